The molecule has 2 amide bonds. The van der Waals surface area contributed by atoms with Crippen LogP contribution in [0, 0.1) is 5.82 Å². The average molecular weight is 251 g/mol. The first-order valence-electron chi connectivity index (χ1n) is 5.69. The summed E-state index contributed by atoms with van der Waals surface area (Å²) in [5.41, 5.74) is 0.824. The molecule has 0 radical (unpaired) electrons. The van der Waals surface area contributed by atoms with Crippen LogP contribution < -0.4 is 10.6 Å². The van der Waals surface area contributed by atoms with Crippen LogP contribution in [0.2, 0.25) is 0 Å². The number of likely N-dealkylation sites (N-methyl/N-ethyl adjacent to an activating group) is 1. The Hall–Kier alpha value is -1.88. The molecule has 0 heterocycles. The number of benzene rings is 1. The monoisotopic (exact) mass is 251 g/mol. The van der Waals surface area contributed by atoms with E-state index in [4.69, 9.17) is 0 Å². The van der Waals surface area contributed by atoms with Gasteiger partial charge in [-0.2, -0.15) is 0 Å². The molecule has 2 N–H and O–H groups in total. The second-order valence-electron chi connectivity index (χ2n) is 4.09. The van der Waals surface area contributed by atoms with Crippen molar-refractivity contribution < 1.29 is 9.18 Å². The first-order chi connectivity index (χ1) is 8.58. The topological polar surface area (TPSA) is 44.4 Å². The third-order valence-electron chi connectivity index (χ3n) is 2.20. The van der Waals surface area contributed by atoms with E-state index < -0.39 is 0 Å². The third kappa shape index (κ3) is 6.00. The zero-order valence-electron chi connectivity index (χ0n) is 10.6. The molecule has 1 aromatic carbocycles. The summed E-state index contributed by atoms with van der Waals surface area (Å²) in [6.07, 6.45) is 3.23. The minimum absolute atomic E-state index is 0.254. The van der Waals surface area contributed by atoms with Gasteiger partial charge in [-0.1, -0.05) is 12.1 Å². The molecule has 0 aliphatic carbocycles. The number of carbonyl (C=O) groups is 1. The summed E-state index contributed by atoms with van der Waals surface area (Å²) in [5.74, 6) is -0.276. The molecular formula is C13H18FN3O. The first-order valence-corrected chi connectivity index (χ1v) is 5.69. The van der Waals surface area contributed by atoms with Gasteiger partial charge in [0.1, 0.15) is 5.82 Å². The van der Waals surface area contributed by atoms with E-state index in [0.29, 0.717) is 6.54 Å². The highest BCUT2D eigenvalue weighted by molar-refractivity contribution is 5.75. The highest BCUT2D eigenvalue weighted by Crippen LogP contribution is 2.03. The van der Waals surface area contributed by atoms with Gasteiger partial charge < -0.3 is 15.5 Å². The smallest absolute Gasteiger partial charge is 0.318 e. The predicted octanol–water partition coefficient (Wildman–Crippen LogP) is 1.66. The summed E-state index contributed by atoms with van der Waals surface area (Å²) in [5, 5.41) is 5.28. The van der Waals surface area contributed by atoms with Crippen LogP contribution in [-0.4, -0.2) is 38.1 Å². The zero-order chi connectivity index (χ0) is 13.4. The summed E-state index contributed by atoms with van der Waals surface area (Å²) < 4.78 is 12.6. The molecule has 0 aliphatic rings. The fourth-order valence-electron chi connectivity index (χ4n) is 1.23. The van der Waals surface area contributed by atoms with Crippen molar-refractivity contribution in [2.45, 2.75) is 0 Å². The number of urea groups is 1. The van der Waals surface area contributed by atoms with Gasteiger partial charge in [0.2, 0.25) is 0 Å². The normalized spacial score (nSPS) is 10.9. The fourth-order valence-corrected chi connectivity index (χ4v) is 1.23. The molecule has 98 valence electrons. The Kier molecular flexibility index (Phi) is 5.87. The molecule has 0 aromatic heterocycles. The molecule has 0 saturated carbocycles. The Morgan fingerprint density at radius 2 is 2.00 bits per heavy atom. The van der Waals surface area contributed by atoms with Crippen LogP contribution in [0.1, 0.15) is 5.56 Å². The van der Waals surface area contributed by atoms with Crippen molar-refractivity contribution in [1.82, 2.24) is 15.5 Å². The van der Waals surface area contributed by atoms with Crippen molar-refractivity contribution in [3.8, 4) is 0 Å². The van der Waals surface area contributed by atoms with Crippen molar-refractivity contribution in [2.24, 2.45) is 0 Å². The van der Waals surface area contributed by atoms with Crippen molar-refractivity contribution >= 4 is 12.1 Å². The molecule has 0 fully saturated rings. The third-order valence-corrected chi connectivity index (χ3v) is 2.20. The minimum atomic E-state index is -0.276. The zero-order valence-corrected chi connectivity index (χ0v) is 10.6. The van der Waals surface area contributed by atoms with Crippen molar-refractivity contribution in [3.05, 3.63) is 41.8 Å². The summed E-state index contributed by atoms with van der Waals surface area (Å²) in [7, 11) is 3.88. The van der Waals surface area contributed by atoms with E-state index in [-0.39, 0.29) is 11.8 Å². The van der Waals surface area contributed by atoms with Crippen LogP contribution >= 0.6 is 0 Å². The number of hydrogen-bond donors (Lipinski definition) is 2. The molecule has 1 rings (SSSR count). The summed E-state index contributed by atoms with van der Waals surface area (Å²) in [6.45, 7) is 1.37. The number of halogens is 1. The van der Waals surface area contributed by atoms with E-state index in [1.54, 1.807) is 18.2 Å². The lowest BCUT2D eigenvalue weighted by molar-refractivity contribution is 0.243. The standard InChI is InChI=1S/C13H18FN3O/c1-17(2)10-9-16-13(18)15-8-7-11-3-5-12(14)6-4-11/h3-8H,9-10H2,1-2H3,(H2,15,16,18)/b8-7+. The molecule has 0 saturated heterocycles. The molecule has 5 heteroatoms. The highest BCUT2D eigenvalue weighted by atomic mass is 19.1. The van der Waals surface area contributed by atoms with Crippen molar-refractivity contribution in [3.63, 3.8) is 0 Å². The van der Waals surface area contributed by atoms with E-state index >= 15 is 0 Å². The summed E-state index contributed by atoms with van der Waals surface area (Å²) >= 11 is 0. The largest absolute Gasteiger partial charge is 0.337 e. The van der Waals surface area contributed by atoms with Gasteiger partial charge in [0.15, 0.2) is 0 Å². The SMILES string of the molecule is CN(C)CCNC(=O)N/C=C/c1ccc(F)cc1. The van der Waals surface area contributed by atoms with Crippen LogP contribution in [-0.2, 0) is 0 Å². The Balaban J connectivity index is 2.27. The fraction of sp³-hybridized carbons (Fsp3) is 0.308. The van der Waals surface area contributed by atoms with E-state index in [9.17, 15) is 9.18 Å². The molecular weight excluding hydrogens is 233 g/mol. The maximum Gasteiger partial charge on any atom is 0.318 e. The number of rotatable bonds is 5. The predicted molar refractivity (Wildman–Crippen MR) is 70.5 cm³/mol. The number of carbonyl (C=O) groups excluding carboxylic acids is 1. The van der Waals surface area contributed by atoms with Gasteiger partial charge in [-0.05, 0) is 37.9 Å². The van der Waals surface area contributed by atoms with Crippen LogP contribution in [0.4, 0.5) is 9.18 Å². The van der Waals surface area contributed by atoms with Gasteiger partial charge in [-0.3, -0.25) is 0 Å². The first kappa shape index (κ1) is 14.2. The molecule has 0 bridgehead atoms. The van der Waals surface area contributed by atoms with Crippen molar-refractivity contribution in [1.29, 1.82) is 0 Å². The molecule has 1 aromatic rings. The van der Waals surface area contributed by atoms with Gasteiger partial charge in [0.25, 0.3) is 0 Å². The minimum Gasteiger partial charge on any atom is -0.337 e. The number of hydrogen-bond acceptors (Lipinski definition) is 2. The summed E-state index contributed by atoms with van der Waals surface area (Å²) in [4.78, 5) is 13.3. The Bertz CT molecular complexity index is 401. The summed E-state index contributed by atoms with van der Waals surface area (Å²) in [6, 6.07) is 5.76. The van der Waals surface area contributed by atoms with E-state index in [1.165, 1.54) is 18.3 Å². The molecule has 0 aliphatic heterocycles. The van der Waals surface area contributed by atoms with Crippen LogP contribution in [0.3, 0.4) is 0 Å². The lowest BCUT2D eigenvalue weighted by Crippen LogP contribution is -2.36. The van der Waals surface area contributed by atoms with Crippen molar-refractivity contribution in [2.75, 3.05) is 27.2 Å². The molecule has 0 spiro atoms. The van der Waals surface area contributed by atoms with E-state index in [0.717, 1.165) is 12.1 Å². The maximum atomic E-state index is 12.6. The molecule has 4 nitrogen and oxygen atoms in total. The van der Waals surface area contributed by atoms with Crippen LogP contribution in [0.25, 0.3) is 6.08 Å². The Morgan fingerprint density at radius 3 is 2.61 bits per heavy atom. The molecule has 0 atom stereocenters. The van der Waals surface area contributed by atoms with Gasteiger partial charge in [-0.25, -0.2) is 9.18 Å². The highest BCUT2D eigenvalue weighted by Gasteiger charge is 1.96. The number of amides is 2. The second kappa shape index (κ2) is 7.45. The lowest BCUT2D eigenvalue weighted by atomic mass is 10.2. The van der Waals surface area contributed by atoms with Gasteiger partial charge in [0, 0.05) is 19.3 Å². The quantitative estimate of drug-likeness (QED) is 0.836. The Morgan fingerprint density at radius 1 is 1.33 bits per heavy atom. The number of nitrogens with one attached hydrogen (secondary N) is 2. The second-order valence-corrected chi connectivity index (χ2v) is 4.09. The number of nitrogens with zero attached hydrogens (tertiary/aromatic N) is 1. The molecule has 0 unspecified atom stereocenters. The molecule has 18 heavy (non-hydrogen) atoms. The van der Waals surface area contributed by atoms with Gasteiger partial charge in [0.05, 0.1) is 0 Å². The average Bonchev–Trinajstić information content (AvgIpc) is 2.31. The maximum absolute atomic E-state index is 12.6. The van der Waals surface area contributed by atoms with Gasteiger partial charge >= 0.3 is 6.03 Å². The lowest BCUT2D eigenvalue weighted by Gasteiger charge is -2.09. The van der Waals surface area contributed by atoms with E-state index in [1.807, 2.05) is 19.0 Å². The van der Waals surface area contributed by atoms with Crippen LogP contribution in [0.15, 0.2) is 30.5 Å². The Labute approximate surface area is 106 Å². The van der Waals surface area contributed by atoms with Crippen LogP contribution in [0.5, 0.6) is 0 Å². The van der Waals surface area contributed by atoms with Gasteiger partial charge in [-0.15, -0.1) is 0 Å². The van der Waals surface area contributed by atoms with E-state index in [2.05, 4.69) is 10.6 Å².